The highest BCUT2D eigenvalue weighted by Gasteiger charge is 2.01. The van der Waals surface area contributed by atoms with E-state index in [9.17, 15) is 0 Å². The van der Waals surface area contributed by atoms with Crippen molar-refractivity contribution in [2.24, 2.45) is 0 Å². The first-order valence-electron chi connectivity index (χ1n) is 4.21. The minimum absolute atomic E-state index is 0.750. The van der Waals surface area contributed by atoms with Gasteiger partial charge in [0.05, 0.1) is 7.11 Å². The Bertz CT molecular complexity index is 294. The zero-order chi connectivity index (χ0) is 9.68. The molecule has 0 heterocycles. The van der Waals surface area contributed by atoms with Crippen molar-refractivity contribution in [3.05, 3.63) is 41.4 Å². The van der Waals surface area contributed by atoms with E-state index in [0.717, 1.165) is 29.2 Å². The Balaban J connectivity index is 2.87. The maximum absolute atomic E-state index is 5.87. The summed E-state index contributed by atoms with van der Waals surface area (Å²) >= 11 is 5.87. The van der Waals surface area contributed by atoms with E-state index < -0.39 is 0 Å². The monoisotopic (exact) mass is 196 g/mol. The molecule has 0 bridgehead atoms. The van der Waals surface area contributed by atoms with E-state index in [4.69, 9.17) is 16.3 Å². The molecule has 0 amide bonds. The first-order chi connectivity index (χ1) is 6.27. The number of ether oxygens (including phenoxy) is 1. The van der Waals surface area contributed by atoms with Gasteiger partial charge in [0, 0.05) is 5.02 Å². The van der Waals surface area contributed by atoms with Crippen molar-refractivity contribution in [1.29, 1.82) is 0 Å². The fourth-order valence-corrected chi connectivity index (χ4v) is 1.39. The SMILES string of the molecule is C=CCCc1cc(Cl)ccc1OC. The normalized spacial score (nSPS) is 9.69. The molecule has 1 nitrogen and oxygen atoms in total. The smallest absolute Gasteiger partial charge is 0.122 e. The Morgan fingerprint density at radius 2 is 2.31 bits per heavy atom. The summed E-state index contributed by atoms with van der Waals surface area (Å²) in [5.41, 5.74) is 1.13. The lowest BCUT2D eigenvalue weighted by Crippen LogP contribution is -1.91. The van der Waals surface area contributed by atoms with Crippen molar-refractivity contribution in [3.63, 3.8) is 0 Å². The second kappa shape index (κ2) is 4.93. The van der Waals surface area contributed by atoms with Crippen LogP contribution in [0.1, 0.15) is 12.0 Å². The molecule has 1 aromatic carbocycles. The summed E-state index contributed by atoms with van der Waals surface area (Å²) < 4.78 is 5.20. The molecule has 2 heteroatoms. The predicted octanol–water partition coefficient (Wildman–Crippen LogP) is 3.47. The fourth-order valence-electron chi connectivity index (χ4n) is 1.20. The molecule has 0 saturated carbocycles. The minimum atomic E-state index is 0.750. The molecule has 13 heavy (non-hydrogen) atoms. The third-order valence-electron chi connectivity index (χ3n) is 1.86. The summed E-state index contributed by atoms with van der Waals surface area (Å²) in [5, 5.41) is 0.750. The van der Waals surface area contributed by atoms with Crippen LogP contribution in [0.3, 0.4) is 0 Å². The van der Waals surface area contributed by atoms with E-state index in [1.807, 2.05) is 24.3 Å². The van der Waals surface area contributed by atoms with E-state index in [2.05, 4.69) is 6.58 Å². The molecule has 0 fully saturated rings. The third-order valence-corrected chi connectivity index (χ3v) is 2.10. The van der Waals surface area contributed by atoms with Gasteiger partial charge >= 0.3 is 0 Å². The average Bonchev–Trinajstić information content (AvgIpc) is 2.15. The van der Waals surface area contributed by atoms with Crippen molar-refractivity contribution in [1.82, 2.24) is 0 Å². The van der Waals surface area contributed by atoms with Gasteiger partial charge in [-0.15, -0.1) is 6.58 Å². The highest BCUT2D eigenvalue weighted by atomic mass is 35.5. The standard InChI is InChI=1S/C11H13ClO/c1-3-4-5-9-8-10(12)6-7-11(9)13-2/h3,6-8H,1,4-5H2,2H3. The molecule has 0 unspecified atom stereocenters. The van der Waals surface area contributed by atoms with Crippen LogP contribution < -0.4 is 4.74 Å². The van der Waals surface area contributed by atoms with Gasteiger partial charge in [0.25, 0.3) is 0 Å². The number of halogens is 1. The predicted molar refractivity (Wildman–Crippen MR) is 56.5 cm³/mol. The van der Waals surface area contributed by atoms with Crippen molar-refractivity contribution in [2.45, 2.75) is 12.8 Å². The first kappa shape index (κ1) is 10.1. The third kappa shape index (κ3) is 2.78. The van der Waals surface area contributed by atoms with E-state index in [1.54, 1.807) is 7.11 Å². The van der Waals surface area contributed by atoms with Gasteiger partial charge in [-0.2, -0.15) is 0 Å². The summed E-state index contributed by atoms with van der Waals surface area (Å²) in [5.74, 6) is 0.895. The maximum Gasteiger partial charge on any atom is 0.122 e. The van der Waals surface area contributed by atoms with Gasteiger partial charge in [-0.3, -0.25) is 0 Å². The van der Waals surface area contributed by atoms with Crippen molar-refractivity contribution < 1.29 is 4.74 Å². The largest absolute Gasteiger partial charge is 0.496 e. The molecular formula is C11H13ClO. The van der Waals surface area contributed by atoms with Crippen LogP contribution in [-0.2, 0) is 6.42 Å². The van der Waals surface area contributed by atoms with Gasteiger partial charge in [-0.05, 0) is 36.6 Å². The number of methoxy groups -OCH3 is 1. The van der Waals surface area contributed by atoms with Gasteiger partial charge in [0.1, 0.15) is 5.75 Å². The summed E-state index contributed by atoms with van der Waals surface area (Å²) in [6.45, 7) is 3.68. The van der Waals surface area contributed by atoms with Crippen LogP contribution in [0.2, 0.25) is 5.02 Å². The second-order valence-corrected chi connectivity index (χ2v) is 3.22. The number of rotatable bonds is 4. The Morgan fingerprint density at radius 1 is 1.54 bits per heavy atom. The highest BCUT2D eigenvalue weighted by molar-refractivity contribution is 6.30. The summed E-state index contributed by atoms with van der Waals surface area (Å²) in [7, 11) is 1.67. The Hall–Kier alpha value is -0.950. The quantitative estimate of drug-likeness (QED) is 0.671. The van der Waals surface area contributed by atoms with E-state index in [1.165, 1.54) is 0 Å². The lowest BCUT2D eigenvalue weighted by Gasteiger charge is -2.07. The van der Waals surface area contributed by atoms with Crippen LogP contribution in [0.4, 0.5) is 0 Å². The molecule has 0 spiro atoms. The van der Waals surface area contributed by atoms with Crippen molar-refractivity contribution in [3.8, 4) is 5.75 Å². The van der Waals surface area contributed by atoms with Crippen molar-refractivity contribution in [2.75, 3.05) is 7.11 Å². The average molecular weight is 197 g/mol. The van der Waals surface area contributed by atoms with Crippen LogP contribution in [0.15, 0.2) is 30.9 Å². The van der Waals surface area contributed by atoms with E-state index in [-0.39, 0.29) is 0 Å². The summed E-state index contributed by atoms with van der Waals surface area (Å²) in [6, 6.07) is 5.66. The summed E-state index contributed by atoms with van der Waals surface area (Å²) in [4.78, 5) is 0. The Kier molecular flexibility index (Phi) is 3.84. The lowest BCUT2D eigenvalue weighted by molar-refractivity contribution is 0.409. The lowest BCUT2D eigenvalue weighted by atomic mass is 10.1. The molecule has 0 aromatic heterocycles. The highest BCUT2D eigenvalue weighted by Crippen LogP contribution is 2.23. The molecule has 0 radical (unpaired) electrons. The molecule has 0 N–H and O–H groups in total. The number of allylic oxidation sites excluding steroid dienone is 1. The molecule has 70 valence electrons. The number of aryl methyl sites for hydroxylation is 1. The zero-order valence-electron chi connectivity index (χ0n) is 7.72. The van der Waals surface area contributed by atoms with Crippen LogP contribution in [-0.4, -0.2) is 7.11 Å². The Labute approximate surface area is 84.0 Å². The summed E-state index contributed by atoms with van der Waals surface area (Å²) in [6.07, 6.45) is 3.75. The molecule has 1 aromatic rings. The van der Waals surface area contributed by atoms with Crippen LogP contribution in [0, 0.1) is 0 Å². The van der Waals surface area contributed by atoms with Gasteiger partial charge < -0.3 is 4.74 Å². The van der Waals surface area contributed by atoms with Crippen LogP contribution >= 0.6 is 11.6 Å². The molecule has 0 saturated heterocycles. The van der Waals surface area contributed by atoms with E-state index >= 15 is 0 Å². The van der Waals surface area contributed by atoms with Gasteiger partial charge in [0.15, 0.2) is 0 Å². The molecule has 0 aliphatic rings. The first-order valence-corrected chi connectivity index (χ1v) is 4.59. The van der Waals surface area contributed by atoms with Gasteiger partial charge in [-0.25, -0.2) is 0 Å². The van der Waals surface area contributed by atoms with Gasteiger partial charge in [0.2, 0.25) is 0 Å². The number of hydrogen-bond acceptors (Lipinski definition) is 1. The molecule has 0 atom stereocenters. The molecular weight excluding hydrogens is 184 g/mol. The maximum atomic E-state index is 5.87. The molecule has 0 aliphatic heterocycles. The number of benzene rings is 1. The van der Waals surface area contributed by atoms with E-state index in [0.29, 0.717) is 0 Å². The zero-order valence-corrected chi connectivity index (χ0v) is 8.47. The molecule has 1 rings (SSSR count). The number of hydrogen-bond donors (Lipinski definition) is 0. The van der Waals surface area contributed by atoms with Crippen LogP contribution in [0.25, 0.3) is 0 Å². The topological polar surface area (TPSA) is 9.23 Å². The van der Waals surface area contributed by atoms with Gasteiger partial charge in [-0.1, -0.05) is 17.7 Å². The Morgan fingerprint density at radius 3 is 2.92 bits per heavy atom. The van der Waals surface area contributed by atoms with Crippen molar-refractivity contribution >= 4 is 11.6 Å². The molecule has 0 aliphatic carbocycles. The minimum Gasteiger partial charge on any atom is -0.496 e. The second-order valence-electron chi connectivity index (χ2n) is 2.78. The van der Waals surface area contributed by atoms with Crippen LogP contribution in [0.5, 0.6) is 5.75 Å². The fraction of sp³-hybridized carbons (Fsp3) is 0.273.